The minimum absolute atomic E-state index is 0.179. The van der Waals surface area contributed by atoms with E-state index in [1.54, 1.807) is 36.1 Å². The van der Waals surface area contributed by atoms with E-state index in [1.165, 1.54) is 18.2 Å². The van der Waals surface area contributed by atoms with Gasteiger partial charge in [0.15, 0.2) is 5.03 Å². The van der Waals surface area contributed by atoms with Gasteiger partial charge in [-0.15, -0.1) is 0 Å². The Kier molecular flexibility index (Phi) is 8.14. The summed E-state index contributed by atoms with van der Waals surface area (Å²) in [6.45, 7) is 3.83. The van der Waals surface area contributed by atoms with Crippen LogP contribution in [0.15, 0.2) is 59.6 Å². The number of anilines is 2. The maximum atomic E-state index is 14.1. The molecule has 1 atom stereocenters. The topological polar surface area (TPSA) is 134 Å². The molecule has 2 aliphatic heterocycles. The van der Waals surface area contributed by atoms with Crippen LogP contribution in [-0.4, -0.2) is 62.2 Å². The predicted molar refractivity (Wildman–Crippen MR) is 148 cm³/mol. The molecule has 0 bridgehead atoms. The number of carboxylic acids is 1. The summed E-state index contributed by atoms with van der Waals surface area (Å²) in [6, 6.07) is 12.6. The number of pyridine rings is 2. The second-order valence-electron chi connectivity index (χ2n) is 10.5. The van der Waals surface area contributed by atoms with Crippen LogP contribution in [0.4, 0.5) is 24.8 Å². The average molecular weight is 606 g/mol. The molecule has 42 heavy (non-hydrogen) atoms. The van der Waals surface area contributed by atoms with Crippen LogP contribution < -0.4 is 14.9 Å². The molecular formula is C28H30F3N5O5S. The highest BCUT2D eigenvalue weighted by Crippen LogP contribution is 2.40. The Balaban J connectivity index is 1.45. The molecule has 2 aromatic heterocycles. The fraction of sp³-hybridized carbons (Fsp3) is 0.393. The molecule has 4 heterocycles. The monoisotopic (exact) mass is 605 g/mol. The van der Waals surface area contributed by atoms with E-state index >= 15 is 0 Å². The summed E-state index contributed by atoms with van der Waals surface area (Å²) in [5.74, 6) is -0.844. The Labute approximate surface area is 241 Å². The highest BCUT2D eigenvalue weighted by Gasteiger charge is 2.38. The summed E-state index contributed by atoms with van der Waals surface area (Å²) in [5, 5.41) is 12.3. The number of morpholine rings is 1. The number of carboxylic acid groups (broad SMARTS) is 1. The average Bonchev–Trinajstić information content (AvgIpc) is 2.97. The summed E-state index contributed by atoms with van der Waals surface area (Å²) >= 11 is 0. The van der Waals surface area contributed by atoms with Crippen molar-refractivity contribution < 1.29 is 36.2 Å². The third-order valence-electron chi connectivity index (χ3n) is 7.62. The zero-order valence-corrected chi connectivity index (χ0v) is 23.5. The lowest BCUT2D eigenvalue weighted by atomic mass is 9.80. The number of sulfonamides is 1. The summed E-state index contributed by atoms with van der Waals surface area (Å²) in [6.07, 6.45) is -4.53. The largest absolute Gasteiger partial charge is 0.481 e. The van der Waals surface area contributed by atoms with Crippen molar-refractivity contribution in [1.29, 1.82) is 0 Å². The minimum Gasteiger partial charge on any atom is -0.481 e. The van der Waals surface area contributed by atoms with Gasteiger partial charge in [-0.2, -0.15) is 21.6 Å². The number of hydrogen-bond donors (Lipinski definition) is 3. The molecule has 0 aliphatic carbocycles. The number of benzene rings is 1. The molecule has 10 nitrogen and oxygen atoms in total. The number of piperidine rings is 1. The van der Waals surface area contributed by atoms with E-state index in [1.807, 2.05) is 0 Å². The quantitative estimate of drug-likeness (QED) is 0.360. The number of nitrogens with one attached hydrogen (secondary N) is 2. The summed E-state index contributed by atoms with van der Waals surface area (Å²) in [5.41, 5.74) is -1.63. The number of ether oxygens (including phenoxy) is 1. The fourth-order valence-electron chi connectivity index (χ4n) is 5.07. The molecule has 0 amide bonds. The Morgan fingerprint density at radius 1 is 1.10 bits per heavy atom. The second-order valence-corrected chi connectivity index (χ2v) is 12.2. The highest BCUT2D eigenvalue weighted by molar-refractivity contribution is 7.92. The minimum atomic E-state index is -4.75. The standard InChI is InChI=1S/C28H30F3N5O5S/c1-27(26(37)38)11-14-36(15-12-27)23-7-4-8-24(34-23)42(39,40)35-22-10-9-20(28(29,30)31)25(33-22)19-6-3-2-5-18(19)21-17-32-13-16-41-21/h2-10,21,32H,11-17H2,1H3,(H,33,35)(H,37,38). The smallest absolute Gasteiger partial charge is 0.418 e. The number of nitrogens with zero attached hydrogens (tertiary/aromatic N) is 3. The summed E-state index contributed by atoms with van der Waals surface area (Å²) in [7, 11) is -4.35. The van der Waals surface area contributed by atoms with Crippen LogP contribution >= 0.6 is 0 Å². The Morgan fingerprint density at radius 3 is 2.50 bits per heavy atom. The first-order chi connectivity index (χ1) is 19.9. The van der Waals surface area contributed by atoms with Crippen LogP contribution in [0.1, 0.15) is 37.0 Å². The van der Waals surface area contributed by atoms with E-state index in [0.29, 0.717) is 57.0 Å². The SMILES string of the molecule is CC1(C(=O)O)CCN(c2cccc(S(=O)(=O)Nc3ccc(C(F)(F)F)c(-c4ccccc4C4CNCCO4)n3)n2)CC1. The van der Waals surface area contributed by atoms with Gasteiger partial charge in [-0.3, -0.25) is 9.52 Å². The van der Waals surface area contributed by atoms with Crippen molar-refractivity contribution in [2.45, 2.75) is 37.1 Å². The molecule has 0 spiro atoms. The molecule has 3 N–H and O–H groups in total. The van der Waals surface area contributed by atoms with Crippen molar-refractivity contribution in [3.05, 3.63) is 65.7 Å². The number of aliphatic carboxylic acids is 1. The van der Waals surface area contributed by atoms with Gasteiger partial charge in [0.05, 0.1) is 29.4 Å². The lowest BCUT2D eigenvalue weighted by molar-refractivity contribution is -0.149. The van der Waals surface area contributed by atoms with Gasteiger partial charge in [0.2, 0.25) is 0 Å². The van der Waals surface area contributed by atoms with Gasteiger partial charge >= 0.3 is 12.1 Å². The van der Waals surface area contributed by atoms with Crippen LogP contribution in [0.2, 0.25) is 0 Å². The molecule has 224 valence electrons. The van der Waals surface area contributed by atoms with Gasteiger partial charge in [-0.05, 0) is 49.6 Å². The number of aromatic nitrogens is 2. The Hall–Kier alpha value is -3.75. The molecule has 0 radical (unpaired) electrons. The molecule has 2 aliphatic rings. The number of hydrogen-bond acceptors (Lipinski definition) is 8. The maximum absolute atomic E-state index is 14.1. The van der Waals surface area contributed by atoms with Crippen molar-refractivity contribution in [2.24, 2.45) is 5.41 Å². The summed E-state index contributed by atoms with van der Waals surface area (Å²) < 4.78 is 76.9. The number of rotatable bonds is 7. The molecule has 0 saturated carbocycles. The predicted octanol–water partition coefficient (Wildman–Crippen LogP) is 4.32. The van der Waals surface area contributed by atoms with Crippen LogP contribution in [0.3, 0.4) is 0 Å². The van der Waals surface area contributed by atoms with Crippen molar-refractivity contribution >= 4 is 27.6 Å². The van der Waals surface area contributed by atoms with E-state index in [9.17, 15) is 31.5 Å². The Morgan fingerprint density at radius 2 is 1.83 bits per heavy atom. The second kappa shape index (κ2) is 11.5. The number of halogens is 3. The first-order valence-electron chi connectivity index (χ1n) is 13.4. The zero-order valence-electron chi connectivity index (χ0n) is 22.7. The first kappa shape index (κ1) is 29.7. The van der Waals surface area contributed by atoms with Crippen LogP contribution in [0.5, 0.6) is 0 Å². The first-order valence-corrected chi connectivity index (χ1v) is 14.8. The van der Waals surface area contributed by atoms with Gasteiger partial charge in [-0.1, -0.05) is 30.3 Å². The lowest BCUT2D eigenvalue weighted by Crippen LogP contribution is -2.43. The van der Waals surface area contributed by atoms with E-state index in [0.717, 1.165) is 12.1 Å². The van der Waals surface area contributed by atoms with Gasteiger partial charge < -0.3 is 20.1 Å². The number of alkyl halides is 3. The zero-order chi connectivity index (χ0) is 30.1. The molecule has 2 saturated heterocycles. The third-order valence-corrected chi connectivity index (χ3v) is 8.88. The van der Waals surface area contributed by atoms with E-state index in [4.69, 9.17) is 4.74 Å². The molecule has 14 heteroatoms. The molecule has 3 aromatic rings. The lowest BCUT2D eigenvalue weighted by Gasteiger charge is -2.37. The van der Waals surface area contributed by atoms with Gasteiger partial charge in [0.25, 0.3) is 10.0 Å². The van der Waals surface area contributed by atoms with Gasteiger partial charge in [0.1, 0.15) is 11.6 Å². The van der Waals surface area contributed by atoms with Crippen molar-refractivity contribution in [3.63, 3.8) is 0 Å². The molecule has 1 unspecified atom stereocenters. The van der Waals surface area contributed by atoms with E-state index in [-0.39, 0.29) is 16.4 Å². The van der Waals surface area contributed by atoms with E-state index < -0.39 is 44.9 Å². The highest BCUT2D eigenvalue weighted by atomic mass is 32.2. The molecule has 1 aromatic carbocycles. The fourth-order valence-corrected chi connectivity index (χ4v) is 6.04. The third kappa shape index (κ3) is 6.20. The van der Waals surface area contributed by atoms with E-state index in [2.05, 4.69) is 20.0 Å². The normalized spacial score (nSPS) is 19.3. The van der Waals surface area contributed by atoms with Crippen LogP contribution in [-0.2, 0) is 25.7 Å². The van der Waals surface area contributed by atoms with Gasteiger partial charge in [0, 0.05) is 31.7 Å². The van der Waals surface area contributed by atoms with Crippen molar-refractivity contribution in [2.75, 3.05) is 42.4 Å². The van der Waals surface area contributed by atoms with Gasteiger partial charge in [-0.25, -0.2) is 9.97 Å². The molecule has 5 rings (SSSR count). The maximum Gasteiger partial charge on any atom is 0.418 e. The molecule has 2 fully saturated rings. The summed E-state index contributed by atoms with van der Waals surface area (Å²) in [4.78, 5) is 21.8. The Bertz CT molecular complexity index is 1570. The van der Waals surface area contributed by atoms with Crippen molar-refractivity contribution in [3.8, 4) is 11.3 Å². The van der Waals surface area contributed by atoms with Crippen molar-refractivity contribution in [1.82, 2.24) is 15.3 Å². The molecular weight excluding hydrogens is 575 g/mol. The van der Waals surface area contributed by atoms with Crippen LogP contribution in [0.25, 0.3) is 11.3 Å². The number of carbonyl (C=O) groups is 1. The van der Waals surface area contributed by atoms with Crippen LogP contribution in [0, 0.1) is 5.41 Å².